The zero-order valence-corrected chi connectivity index (χ0v) is 15.4. The van der Waals surface area contributed by atoms with Crippen LogP contribution in [0.2, 0.25) is 0 Å². The van der Waals surface area contributed by atoms with E-state index in [0.29, 0.717) is 11.1 Å². The number of benzene rings is 2. The summed E-state index contributed by atoms with van der Waals surface area (Å²) in [5.74, 6) is 0.320. The highest BCUT2D eigenvalue weighted by molar-refractivity contribution is 5.94. The van der Waals surface area contributed by atoms with Crippen molar-refractivity contribution >= 4 is 11.7 Å². The van der Waals surface area contributed by atoms with Gasteiger partial charge in [0.15, 0.2) is 5.82 Å². The molecule has 4 rings (SSSR count). The molecule has 142 valence electrons. The van der Waals surface area contributed by atoms with Crippen LogP contribution in [0.1, 0.15) is 28.8 Å². The Hall–Kier alpha value is -3.28. The summed E-state index contributed by atoms with van der Waals surface area (Å²) in [6.07, 6.45) is 5.72. The van der Waals surface area contributed by atoms with Crippen molar-refractivity contribution in [3.05, 3.63) is 77.9 Å². The lowest BCUT2D eigenvalue weighted by atomic mass is 10.1. The highest BCUT2D eigenvalue weighted by Crippen LogP contribution is 2.29. The molecule has 3 aromatic rings. The number of hydrogen-bond acceptors (Lipinski definition) is 4. The normalized spacial score (nSPS) is 13.5. The van der Waals surface area contributed by atoms with Crippen LogP contribution in [-0.2, 0) is 6.54 Å². The summed E-state index contributed by atoms with van der Waals surface area (Å²) in [4.78, 5) is 23.7. The number of halogens is 1. The van der Waals surface area contributed by atoms with Gasteiger partial charge >= 0.3 is 0 Å². The molecule has 1 aliphatic rings. The van der Waals surface area contributed by atoms with Crippen molar-refractivity contribution < 1.29 is 9.18 Å². The number of nitrogens with one attached hydrogen (secondary N) is 1. The fourth-order valence-corrected chi connectivity index (χ4v) is 3.39. The Bertz CT molecular complexity index is 968. The molecule has 1 aliphatic heterocycles. The van der Waals surface area contributed by atoms with Gasteiger partial charge in [-0.15, -0.1) is 0 Å². The summed E-state index contributed by atoms with van der Waals surface area (Å²) in [5.41, 5.74) is 2.72. The fourth-order valence-electron chi connectivity index (χ4n) is 3.39. The molecule has 1 N–H and O–H groups in total. The maximum Gasteiger partial charge on any atom is 0.251 e. The Labute approximate surface area is 163 Å². The second-order valence-electron chi connectivity index (χ2n) is 6.77. The summed E-state index contributed by atoms with van der Waals surface area (Å²) < 4.78 is 13.7. The number of carbonyl (C=O) groups is 1. The van der Waals surface area contributed by atoms with Crippen LogP contribution >= 0.6 is 0 Å². The van der Waals surface area contributed by atoms with E-state index in [0.717, 1.165) is 43.0 Å². The second-order valence-corrected chi connectivity index (χ2v) is 6.77. The minimum absolute atomic E-state index is 0.149. The van der Waals surface area contributed by atoms with Crippen LogP contribution in [0.15, 0.2) is 60.9 Å². The van der Waals surface area contributed by atoms with Crippen molar-refractivity contribution in [2.45, 2.75) is 19.4 Å². The lowest BCUT2D eigenvalue weighted by Crippen LogP contribution is -2.23. The molecule has 0 aliphatic carbocycles. The summed E-state index contributed by atoms with van der Waals surface area (Å²) in [6, 6.07) is 13.7. The van der Waals surface area contributed by atoms with Crippen molar-refractivity contribution in [2.75, 3.05) is 18.0 Å². The summed E-state index contributed by atoms with van der Waals surface area (Å²) in [5, 5.41) is 2.76. The number of hydrogen-bond donors (Lipinski definition) is 1. The Morgan fingerprint density at radius 3 is 2.46 bits per heavy atom. The molecule has 2 aromatic carbocycles. The van der Waals surface area contributed by atoms with E-state index in [1.165, 1.54) is 6.07 Å². The van der Waals surface area contributed by atoms with Gasteiger partial charge in [0, 0.05) is 48.7 Å². The van der Waals surface area contributed by atoms with E-state index in [2.05, 4.69) is 20.2 Å². The van der Waals surface area contributed by atoms with Gasteiger partial charge in [-0.1, -0.05) is 30.3 Å². The first-order valence-electron chi connectivity index (χ1n) is 9.40. The third-order valence-electron chi connectivity index (χ3n) is 4.90. The van der Waals surface area contributed by atoms with Crippen molar-refractivity contribution in [3.63, 3.8) is 0 Å². The molecule has 5 nitrogen and oxygen atoms in total. The van der Waals surface area contributed by atoms with E-state index in [9.17, 15) is 9.18 Å². The fraction of sp³-hybridized carbons (Fsp3) is 0.227. The molecule has 0 bridgehead atoms. The number of anilines is 1. The summed E-state index contributed by atoms with van der Waals surface area (Å²) in [6.45, 7) is 2.13. The van der Waals surface area contributed by atoms with Gasteiger partial charge in [0.25, 0.3) is 5.91 Å². The second kappa shape index (κ2) is 8.17. The zero-order chi connectivity index (χ0) is 19.3. The van der Waals surface area contributed by atoms with Crippen molar-refractivity contribution in [1.82, 2.24) is 15.3 Å². The third-order valence-corrected chi connectivity index (χ3v) is 4.90. The van der Waals surface area contributed by atoms with Gasteiger partial charge in [-0.05, 0) is 31.0 Å². The largest absolute Gasteiger partial charge is 0.355 e. The number of nitrogens with zero attached hydrogens (tertiary/aromatic N) is 3. The van der Waals surface area contributed by atoms with Crippen LogP contribution in [-0.4, -0.2) is 29.0 Å². The molecule has 0 spiro atoms. The Balaban J connectivity index is 1.48. The summed E-state index contributed by atoms with van der Waals surface area (Å²) in [7, 11) is 0. The molecule has 0 saturated carbocycles. The Kier molecular flexibility index (Phi) is 5.28. The molecular weight excluding hydrogens is 355 g/mol. The van der Waals surface area contributed by atoms with Gasteiger partial charge in [0.1, 0.15) is 11.5 Å². The third kappa shape index (κ3) is 3.86. The Morgan fingerprint density at radius 2 is 1.71 bits per heavy atom. The number of carbonyl (C=O) groups excluding carboxylic acids is 1. The SMILES string of the molecule is O=C(NCc1ccccc1F)c1ccc(-c2nccnc2N2CCCC2)cc1. The van der Waals surface area contributed by atoms with Crippen LogP contribution < -0.4 is 10.2 Å². The maximum absolute atomic E-state index is 13.7. The molecule has 6 heteroatoms. The quantitative estimate of drug-likeness (QED) is 0.736. The van der Waals surface area contributed by atoms with Gasteiger partial charge < -0.3 is 10.2 Å². The average molecular weight is 376 g/mol. The minimum atomic E-state index is -0.324. The molecule has 0 unspecified atom stereocenters. The molecular formula is C22H21FN4O. The van der Waals surface area contributed by atoms with E-state index in [-0.39, 0.29) is 18.3 Å². The monoisotopic (exact) mass is 376 g/mol. The maximum atomic E-state index is 13.7. The van der Waals surface area contributed by atoms with Gasteiger partial charge in [-0.25, -0.2) is 9.37 Å². The number of amides is 1. The van der Waals surface area contributed by atoms with E-state index in [1.54, 1.807) is 42.7 Å². The number of aromatic nitrogens is 2. The van der Waals surface area contributed by atoms with Gasteiger partial charge in [0.2, 0.25) is 0 Å². The minimum Gasteiger partial charge on any atom is -0.355 e. The molecule has 2 heterocycles. The van der Waals surface area contributed by atoms with E-state index < -0.39 is 0 Å². The molecule has 28 heavy (non-hydrogen) atoms. The average Bonchev–Trinajstić information content (AvgIpc) is 3.28. The first kappa shape index (κ1) is 18.1. The van der Waals surface area contributed by atoms with E-state index in [4.69, 9.17) is 0 Å². The highest BCUT2D eigenvalue weighted by Gasteiger charge is 2.19. The topological polar surface area (TPSA) is 58.1 Å². The number of rotatable bonds is 5. The van der Waals surface area contributed by atoms with Gasteiger partial charge in [-0.2, -0.15) is 0 Å². The van der Waals surface area contributed by atoms with Crippen LogP contribution in [0.5, 0.6) is 0 Å². The predicted octanol–water partition coefficient (Wildman–Crippen LogP) is 3.81. The lowest BCUT2D eigenvalue weighted by molar-refractivity contribution is 0.0950. The zero-order valence-electron chi connectivity index (χ0n) is 15.4. The summed E-state index contributed by atoms with van der Waals surface area (Å²) >= 11 is 0. The highest BCUT2D eigenvalue weighted by atomic mass is 19.1. The molecule has 1 saturated heterocycles. The first-order chi connectivity index (χ1) is 13.7. The molecule has 0 radical (unpaired) electrons. The van der Waals surface area contributed by atoms with Crippen molar-refractivity contribution in [2.24, 2.45) is 0 Å². The van der Waals surface area contributed by atoms with Gasteiger partial charge in [-0.3, -0.25) is 9.78 Å². The van der Waals surface area contributed by atoms with E-state index >= 15 is 0 Å². The van der Waals surface area contributed by atoms with Crippen LogP contribution in [0.25, 0.3) is 11.3 Å². The molecule has 1 fully saturated rings. The predicted molar refractivity (Wildman–Crippen MR) is 106 cm³/mol. The van der Waals surface area contributed by atoms with Crippen molar-refractivity contribution in [1.29, 1.82) is 0 Å². The van der Waals surface area contributed by atoms with Crippen LogP contribution in [0.4, 0.5) is 10.2 Å². The molecule has 1 amide bonds. The van der Waals surface area contributed by atoms with Crippen LogP contribution in [0.3, 0.4) is 0 Å². The van der Waals surface area contributed by atoms with E-state index in [1.807, 2.05) is 12.1 Å². The van der Waals surface area contributed by atoms with Gasteiger partial charge in [0.05, 0.1) is 0 Å². The Morgan fingerprint density at radius 1 is 1.00 bits per heavy atom. The smallest absolute Gasteiger partial charge is 0.251 e. The lowest BCUT2D eigenvalue weighted by Gasteiger charge is -2.19. The first-order valence-corrected chi connectivity index (χ1v) is 9.40. The van der Waals surface area contributed by atoms with Crippen molar-refractivity contribution in [3.8, 4) is 11.3 Å². The molecule has 0 atom stereocenters. The standard InChI is InChI=1S/C22H21FN4O/c23-19-6-2-1-5-18(19)15-26-22(28)17-9-7-16(8-10-17)20-21(25-12-11-24-20)27-13-3-4-14-27/h1-2,5-12H,3-4,13-15H2,(H,26,28). The molecule has 1 aromatic heterocycles. The van der Waals surface area contributed by atoms with Crippen LogP contribution in [0, 0.1) is 5.82 Å².